The second-order valence-electron chi connectivity index (χ2n) is 4.30. The molecule has 0 aliphatic heterocycles. The van der Waals surface area contributed by atoms with E-state index in [2.05, 4.69) is 10.3 Å². The third-order valence-electron chi connectivity index (χ3n) is 2.98. The summed E-state index contributed by atoms with van der Waals surface area (Å²) in [5.41, 5.74) is 1.65. The van der Waals surface area contributed by atoms with Crippen molar-refractivity contribution in [3.05, 3.63) is 30.0 Å². The number of aliphatic hydroxyl groups excluding tert-OH is 1. The number of hydrogen-bond donors (Lipinski definition) is 2. The molecule has 0 bridgehead atoms. The molecule has 0 aliphatic rings. The van der Waals surface area contributed by atoms with Crippen LogP contribution in [0.1, 0.15) is 17.3 Å². The van der Waals surface area contributed by atoms with Crippen molar-refractivity contribution in [2.75, 3.05) is 32.2 Å². The summed E-state index contributed by atoms with van der Waals surface area (Å²) < 4.78 is 10.2. The van der Waals surface area contributed by atoms with Crippen LogP contribution in [0, 0.1) is 0 Å². The summed E-state index contributed by atoms with van der Waals surface area (Å²) in [7, 11) is 1.57. The number of carbonyl (C=O) groups excluding carboxylic acids is 1. The highest BCUT2D eigenvalue weighted by atomic mass is 16.5. The van der Waals surface area contributed by atoms with Gasteiger partial charge in [0.05, 0.1) is 31.5 Å². The fourth-order valence-corrected chi connectivity index (χ4v) is 2.03. The van der Waals surface area contributed by atoms with Gasteiger partial charge in [-0.05, 0) is 25.1 Å². The number of hydrogen-bond acceptors (Lipinski definition) is 6. The smallest absolute Gasteiger partial charge is 0.341 e. The minimum Gasteiger partial charge on any atom is -0.497 e. The molecule has 0 unspecified atom stereocenters. The number of benzene rings is 1. The minimum atomic E-state index is -0.449. The van der Waals surface area contributed by atoms with E-state index in [1.54, 1.807) is 26.2 Å². The summed E-state index contributed by atoms with van der Waals surface area (Å²) in [5, 5.41) is 12.8. The molecule has 0 atom stereocenters. The molecule has 1 aromatic heterocycles. The maximum absolute atomic E-state index is 12.0. The molecule has 2 N–H and O–H groups in total. The molecule has 1 aromatic carbocycles. The number of esters is 1. The van der Waals surface area contributed by atoms with Gasteiger partial charge >= 0.3 is 5.97 Å². The zero-order valence-corrected chi connectivity index (χ0v) is 12.0. The van der Waals surface area contributed by atoms with E-state index in [0.717, 1.165) is 10.9 Å². The molecule has 0 amide bonds. The predicted octanol–water partition coefficient (Wildman–Crippen LogP) is 1.82. The molecule has 2 aromatic rings. The second-order valence-corrected chi connectivity index (χ2v) is 4.30. The quantitative estimate of drug-likeness (QED) is 0.790. The monoisotopic (exact) mass is 290 g/mol. The fraction of sp³-hybridized carbons (Fsp3) is 0.333. The Kier molecular flexibility index (Phi) is 4.94. The molecule has 6 nitrogen and oxygen atoms in total. The number of ether oxygens (including phenoxy) is 2. The highest BCUT2D eigenvalue weighted by Crippen LogP contribution is 2.29. The van der Waals surface area contributed by atoms with E-state index in [4.69, 9.17) is 14.6 Å². The first kappa shape index (κ1) is 15.1. The van der Waals surface area contributed by atoms with Gasteiger partial charge in [-0.25, -0.2) is 4.79 Å². The molecule has 0 spiro atoms. The molecule has 0 saturated carbocycles. The third-order valence-corrected chi connectivity index (χ3v) is 2.98. The Morgan fingerprint density at radius 1 is 1.43 bits per heavy atom. The highest BCUT2D eigenvalue weighted by Gasteiger charge is 2.16. The van der Waals surface area contributed by atoms with Gasteiger partial charge in [-0.2, -0.15) is 0 Å². The zero-order chi connectivity index (χ0) is 15.2. The van der Waals surface area contributed by atoms with Crippen molar-refractivity contribution < 1.29 is 19.4 Å². The minimum absolute atomic E-state index is 0.0456. The van der Waals surface area contributed by atoms with Gasteiger partial charge in [-0.15, -0.1) is 0 Å². The summed E-state index contributed by atoms with van der Waals surface area (Å²) in [4.78, 5) is 16.3. The second kappa shape index (κ2) is 6.90. The van der Waals surface area contributed by atoms with Crippen molar-refractivity contribution in [2.24, 2.45) is 0 Å². The van der Waals surface area contributed by atoms with Crippen LogP contribution in [-0.2, 0) is 4.74 Å². The Morgan fingerprint density at radius 2 is 2.24 bits per heavy atom. The first-order valence-electron chi connectivity index (χ1n) is 6.69. The third kappa shape index (κ3) is 3.22. The average Bonchev–Trinajstić information content (AvgIpc) is 2.52. The molecule has 0 aliphatic carbocycles. The van der Waals surface area contributed by atoms with Crippen LogP contribution in [0.15, 0.2) is 24.4 Å². The lowest BCUT2D eigenvalue weighted by atomic mass is 10.1. The molecule has 21 heavy (non-hydrogen) atoms. The summed E-state index contributed by atoms with van der Waals surface area (Å²) >= 11 is 0. The van der Waals surface area contributed by atoms with Crippen LogP contribution >= 0.6 is 0 Å². The molecule has 112 valence electrons. The summed E-state index contributed by atoms with van der Waals surface area (Å²) in [6.07, 6.45) is 1.48. The topological polar surface area (TPSA) is 80.7 Å². The standard InChI is InChI=1S/C15H18N2O4/c1-3-21-15(19)12-9-17-13-5-4-10(20-2)8-11(13)14(12)16-6-7-18/h4-5,8-9,18H,3,6-7H2,1-2H3,(H,16,17). The maximum Gasteiger partial charge on any atom is 0.341 e. The first-order chi connectivity index (χ1) is 10.2. The summed E-state index contributed by atoms with van der Waals surface area (Å²) in [5.74, 6) is 0.215. The summed E-state index contributed by atoms with van der Waals surface area (Å²) in [6.45, 7) is 2.31. The number of nitrogens with zero attached hydrogens (tertiary/aromatic N) is 1. The molecule has 0 radical (unpaired) electrons. The number of fused-ring (bicyclic) bond motifs is 1. The number of rotatable bonds is 6. The Morgan fingerprint density at radius 3 is 2.90 bits per heavy atom. The van der Waals surface area contributed by atoms with E-state index in [1.165, 1.54) is 6.20 Å². The molecule has 2 rings (SSSR count). The highest BCUT2D eigenvalue weighted by molar-refractivity contribution is 6.05. The lowest BCUT2D eigenvalue weighted by molar-refractivity contribution is 0.0527. The molecule has 1 heterocycles. The Labute approximate surface area is 122 Å². The number of aliphatic hydroxyl groups is 1. The van der Waals surface area contributed by atoms with Crippen molar-refractivity contribution in [3.63, 3.8) is 0 Å². The van der Waals surface area contributed by atoms with Gasteiger partial charge in [0.25, 0.3) is 0 Å². The molecule has 0 fully saturated rings. The molecule has 6 heteroatoms. The Hall–Kier alpha value is -2.34. The average molecular weight is 290 g/mol. The van der Waals surface area contributed by atoms with Gasteiger partial charge in [-0.1, -0.05) is 0 Å². The van der Waals surface area contributed by atoms with Gasteiger partial charge in [0, 0.05) is 18.1 Å². The van der Waals surface area contributed by atoms with E-state index in [-0.39, 0.29) is 13.2 Å². The van der Waals surface area contributed by atoms with Gasteiger partial charge in [-0.3, -0.25) is 4.98 Å². The number of aromatic nitrogens is 1. The van der Waals surface area contributed by atoms with Crippen LogP contribution in [0.5, 0.6) is 5.75 Å². The van der Waals surface area contributed by atoms with Crippen LogP contribution in [0.3, 0.4) is 0 Å². The Bertz CT molecular complexity index is 643. The van der Waals surface area contributed by atoms with E-state index in [0.29, 0.717) is 23.5 Å². The van der Waals surface area contributed by atoms with Crippen LogP contribution in [0.2, 0.25) is 0 Å². The van der Waals surface area contributed by atoms with Crippen molar-refractivity contribution in [1.82, 2.24) is 4.98 Å². The van der Waals surface area contributed by atoms with Crippen LogP contribution in [-0.4, -0.2) is 42.9 Å². The number of methoxy groups -OCH3 is 1. The number of nitrogens with one attached hydrogen (secondary N) is 1. The van der Waals surface area contributed by atoms with E-state index in [9.17, 15) is 4.79 Å². The van der Waals surface area contributed by atoms with Gasteiger partial charge in [0.1, 0.15) is 11.3 Å². The van der Waals surface area contributed by atoms with Crippen molar-refractivity contribution in [3.8, 4) is 5.75 Å². The fourth-order valence-electron chi connectivity index (χ4n) is 2.03. The van der Waals surface area contributed by atoms with Crippen molar-refractivity contribution in [2.45, 2.75) is 6.92 Å². The lowest BCUT2D eigenvalue weighted by Crippen LogP contribution is -2.13. The van der Waals surface area contributed by atoms with Crippen LogP contribution in [0.4, 0.5) is 5.69 Å². The van der Waals surface area contributed by atoms with Crippen LogP contribution in [0.25, 0.3) is 10.9 Å². The van der Waals surface area contributed by atoms with Crippen molar-refractivity contribution in [1.29, 1.82) is 0 Å². The van der Waals surface area contributed by atoms with Crippen molar-refractivity contribution >= 4 is 22.6 Å². The Balaban J connectivity index is 2.58. The largest absolute Gasteiger partial charge is 0.497 e. The summed E-state index contributed by atoms with van der Waals surface area (Å²) in [6, 6.07) is 5.41. The maximum atomic E-state index is 12.0. The van der Waals surface area contributed by atoms with Gasteiger partial charge in [0.2, 0.25) is 0 Å². The molecular formula is C15H18N2O4. The number of carbonyl (C=O) groups is 1. The van der Waals surface area contributed by atoms with Crippen LogP contribution < -0.4 is 10.1 Å². The lowest BCUT2D eigenvalue weighted by Gasteiger charge is -2.14. The predicted molar refractivity (Wildman–Crippen MR) is 79.8 cm³/mol. The number of pyridine rings is 1. The van der Waals surface area contributed by atoms with E-state index >= 15 is 0 Å². The molecular weight excluding hydrogens is 272 g/mol. The van der Waals surface area contributed by atoms with E-state index < -0.39 is 5.97 Å². The SMILES string of the molecule is CCOC(=O)c1cnc2ccc(OC)cc2c1NCCO. The van der Waals surface area contributed by atoms with Gasteiger partial charge < -0.3 is 19.9 Å². The first-order valence-corrected chi connectivity index (χ1v) is 6.69. The number of anilines is 1. The normalized spacial score (nSPS) is 10.4. The van der Waals surface area contributed by atoms with E-state index in [1.807, 2.05) is 6.07 Å². The molecule has 0 saturated heterocycles. The van der Waals surface area contributed by atoms with Gasteiger partial charge in [0.15, 0.2) is 0 Å². The zero-order valence-electron chi connectivity index (χ0n) is 12.0.